The minimum absolute atomic E-state index is 0.111. The monoisotopic (exact) mass is 279 g/mol. The predicted octanol–water partition coefficient (Wildman–Crippen LogP) is 0.388. The van der Waals surface area contributed by atoms with Gasteiger partial charge in [-0.3, -0.25) is 0 Å². The number of ether oxygens (including phenoxy) is 1. The van der Waals surface area contributed by atoms with Crippen molar-refractivity contribution in [2.45, 2.75) is 11.4 Å². The first-order chi connectivity index (χ1) is 8.00. The summed E-state index contributed by atoms with van der Waals surface area (Å²) in [5.74, 6) is 0.229. The molecule has 1 unspecified atom stereocenters. The van der Waals surface area contributed by atoms with Crippen LogP contribution in [0.15, 0.2) is 11.4 Å². The Morgan fingerprint density at radius 3 is 3.00 bits per heavy atom. The Hall–Kier alpha value is -0.630. The second-order valence-corrected chi connectivity index (χ2v) is 6.07. The molecule has 1 aliphatic heterocycles. The molecule has 1 aromatic rings. The van der Waals surface area contributed by atoms with Crippen molar-refractivity contribution in [2.75, 3.05) is 19.8 Å². The van der Waals surface area contributed by atoms with Crippen LogP contribution in [0.25, 0.3) is 0 Å². The number of aryl methyl sites for hydroxylation is 1. The number of hydrogen-bond donors (Lipinski definition) is 1. The van der Waals surface area contributed by atoms with Gasteiger partial charge in [0.2, 0.25) is 5.03 Å². The standard InChI is InChI=1S/C9H14ClN3O3S/c1-13-6-11-9(8(13)10)17(14,15)12-4-7-2-3-16-5-7/h6-7,12H,2-5H2,1H3. The molecule has 1 N–H and O–H groups in total. The second-order valence-electron chi connectivity index (χ2n) is 4.03. The van der Waals surface area contributed by atoms with Gasteiger partial charge in [-0.05, 0) is 12.3 Å². The maximum Gasteiger partial charge on any atom is 0.261 e. The van der Waals surface area contributed by atoms with Gasteiger partial charge in [-0.25, -0.2) is 18.1 Å². The number of sulfonamides is 1. The summed E-state index contributed by atoms with van der Waals surface area (Å²) in [6, 6.07) is 0. The van der Waals surface area contributed by atoms with Crippen LogP contribution in [0.3, 0.4) is 0 Å². The van der Waals surface area contributed by atoms with Crippen LogP contribution in [-0.4, -0.2) is 37.7 Å². The number of nitrogens with one attached hydrogen (secondary N) is 1. The van der Waals surface area contributed by atoms with Crippen LogP contribution in [0, 0.1) is 5.92 Å². The highest BCUT2D eigenvalue weighted by molar-refractivity contribution is 7.89. The van der Waals surface area contributed by atoms with Crippen molar-refractivity contribution in [3.8, 4) is 0 Å². The number of halogens is 1. The lowest BCUT2D eigenvalue weighted by Crippen LogP contribution is -2.30. The van der Waals surface area contributed by atoms with Gasteiger partial charge in [0.25, 0.3) is 10.0 Å². The van der Waals surface area contributed by atoms with E-state index in [9.17, 15) is 8.42 Å². The quantitative estimate of drug-likeness (QED) is 0.865. The summed E-state index contributed by atoms with van der Waals surface area (Å²) in [4.78, 5) is 3.78. The predicted molar refractivity (Wildman–Crippen MR) is 62.3 cm³/mol. The molecule has 8 heteroatoms. The smallest absolute Gasteiger partial charge is 0.261 e. The van der Waals surface area contributed by atoms with Crippen molar-refractivity contribution in [3.63, 3.8) is 0 Å². The maximum absolute atomic E-state index is 11.9. The Morgan fingerprint density at radius 2 is 2.47 bits per heavy atom. The van der Waals surface area contributed by atoms with E-state index >= 15 is 0 Å². The minimum Gasteiger partial charge on any atom is -0.381 e. The fourth-order valence-corrected chi connectivity index (χ4v) is 3.15. The first-order valence-corrected chi connectivity index (χ1v) is 7.11. The fourth-order valence-electron chi connectivity index (χ4n) is 1.61. The molecule has 0 aromatic carbocycles. The molecule has 6 nitrogen and oxygen atoms in total. The molecular formula is C9H14ClN3O3S. The molecule has 0 amide bonds. The van der Waals surface area contributed by atoms with Crippen LogP contribution < -0.4 is 4.72 Å². The van der Waals surface area contributed by atoms with Gasteiger partial charge in [0.15, 0.2) is 0 Å². The average molecular weight is 280 g/mol. The lowest BCUT2D eigenvalue weighted by Gasteiger charge is -2.08. The molecule has 1 aliphatic rings. The lowest BCUT2D eigenvalue weighted by atomic mass is 10.1. The van der Waals surface area contributed by atoms with Crippen LogP contribution in [0.1, 0.15) is 6.42 Å². The summed E-state index contributed by atoms with van der Waals surface area (Å²) < 4.78 is 33.0. The molecule has 96 valence electrons. The van der Waals surface area contributed by atoms with E-state index in [0.29, 0.717) is 19.8 Å². The molecule has 0 radical (unpaired) electrons. The van der Waals surface area contributed by atoms with Gasteiger partial charge in [-0.1, -0.05) is 11.6 Å². The topological polar surface area (TPSA) is 73.2 Å². The third kappa shape index (κ3) is 2.79. The van der Waals surface area contributed by atoms with Gasteiger partial charge in [-0.2, -0.15) is 0 Å². The molecule has 1 atom stereocenters. The Morgan fingerprint density at radius 1 is 1.71 bits per heavy atom. The van der Waals surface area contributed by atoms with E-state index in [4.69, 9.17) is 16.3 Å². The first kappa shape index (κ1) is 12.8. The summed E-state index contributed by atoms with van der Waals surface area (Å²) in [5, 5.41) is -0.0132. The van der Waals surface area contributed by atoms with Gasteiger partial charge < -0.3 is 9.30 Å². The molecule has 0 saturated carbocycles. The molecule has 0 aliphatic carbocycles. The normalized spacial score (nSPS) is 20.9. The first-order valence-electron chi connectivity index (χ1n) is 5.25. The van der Waals surface area contributed by atoms with Crippen molar-refractivity contribution in [2.24, 2.45) is 13.0 Å². The van der Waals surface area contributed by atoms with Crippen molar-refractivity contribution >= 4 is 21.6 Å². The number of nitrogens with zero attached hydrogens (tertiary/aromatic N) is 2. The highest BCUT2D eigenvalue weighted by atomic mass is 35.5. The molecule has 2 rings (SSSR count). The molecule has 1 fully saturated rings. The molecule has 1 saturated heterocycles. The number of imidazole rings is 1. The number of rotatable bonds is 4. The summed E-state index contributed by atoms with van der Waals surface area (Å²) in [6.07, 6.45) is 2.24. The highest BCUT2D eigenvalue weighted by Gasteiger charge is 2.24. The van der Waals surface area contributed by atoms with Gasteiger partial charge in [0, 0.05) is 20.2 Å². The molecule has 1 aromatic heterocycles. The number of aromatic nitrogens is 2. The minimum atomic E-state index is -3.63. The van der Waals surface area contributed by atoms with Crippen molar-refractivity contribution in [1.29, 1.82) is 0 Å². The largest absolute Gasteiger partial charge is 0.381 e. The van der Waals surface area contributed by atoms with Crippen LogP contribution >= 0.6 is 11.6 Å². The Labute approximate surface area is 105 Å². The van der Waals surface area contributed by atoms with Crippen LogP contribution in [0.5, 0.6) is 0 Å². The summed E-state index contributed by atoms with van der Waals surface area (Å²) >= 11 is 5.85. The molecule has 17 heavy (non-hydrogen) atoms. The van der Waals surface area contributed by atoms with E-state index in [1.165, 1.54) is 10.9 Å². The Bertz CT molecular complexity index is 494. The van der Waals surface area contributed by atoms with Gasteiger partial charge in [0.05, 0.1) is 12.9 Å². The molecule has 0 spiro atoms. The van der Waals surface area contributed by atoms with Crippen LogP contribution in [0.4, 0.5) is 0 Å². The summed E-state index contributed by atoms with van der Waals surface area (Å²) in [7, 11) is -1.99. The van der Waals surface area contributed by atoms with Gasteiger partial charge >= 0.3 is 0 Å². The highest BCUT2D eigenvalue weighted by Crippen LogP contribution is 2.19. The SMILES string of the molecule is Cn1cnc(S(=O)(=O)NCC2CCOC2)c1Cl. The van der Waals surface area contributed by atoms with Crippen LogP contribution in [0.2, 0.25) is 5.15 Å². The third-order valence-electron chi connectivity index (χ3n) is 2.67. The van der Waals surface area contributed by atoms with Gasteiger partial charge in [-0.15, -0.1) is 0 Å². The zero-order valence-corrected chi connectivity index (χ0v) is 11.0. The molecule has 0 bridgehead atoms. The molecular weight excluding hydrogens is 266 g/mol. The van der Waals surface area contributed by atoms with E-state index in [2.05, 4.69) is 9.71 Å². The van der Waals surface area contributed by atoms with E-state index in [-0.39, 0.29) is 16.1 Å². The van der Waals surface area contributed by atoms with E-state index in [0.717, 1.165) is 6.42 Å². The number of hydrogen-bond acceptors (Lipinski definition) is 4. The Balaban J connectivity index is 2.05. The van der Waals surface area contributed by atoms with E-state index < -0.39 is 10.0 Å². The summed E-state index contributed by atoms with van der Waals surface area (Å²) in [5.41, 5.74) is 0. The third-order valence-corrected chi connectivity index (χ3v) is 4.59. The zero-order valence-electron chi connectivity index (χ0n) is 9.39. The second kappa shape index (κ2) is 4.93. The Kier molecular flexibility index (Phi) is 3.72. The average Bonchev–Trinajstić information content (AvgIpc) is 2.88. The van der Waals surface area contributed by atoms with Crippen molar-refractivity contribution < 1.29 is 13.2 Å². The maximum atomic E-state index is 11.9. The molecule has 2 heterocycles. The lowest BCUT2D eigenvalue weighted by molar-refractivity contribution is 0.186. The van der Waals surface area contributed by atoms with E-state index in [1.807, 2.05) is 0 Å². The van der Waals surface area contributed by atoms with Crippen LogP contribution in [-0.2, 0) is 21.8 Å². The van der Waals surface area contributed by atoms with E-state index in [1.54, 1.807) is 7.05 Å². The van der Waals surface area contributed by atoms with Crippen molar-refractivity contribution in [3.05, 3.63) is 11.5 Å². The fraction of sp³-hybridized carbons (Fsp3) is 0.667. The van der Waals surface area contributed by atoms with Gasteiger partial charge in [0.1, 0.15) is 5.15 Å². The zero-order chi connectivity index (χ0) is 12.5. The summed E-state index contributed by atoms with van der Waals surface area (Å²) in [6.45, 7) is 1.64. The van der Waals surface area contributed by atoms with Crippen molar-refractivity contribution in [1.82, 2.24) is 14.3 Å².